The smallest absolute Gasteiger partial charge is 0.146 e. The molecular formula is C11H14FN5. The summed E-state index contributed by atoms with van der Waals surface area (Å²) in [6.45, 7) is 4.05. The van der Waals surface area contributed by atoms with Gasteiger partial charge in [0.15, 0.2) is 0 Å². The first-order valence-electron chi connectivity index (χ1n) is 5.50. The van der Waals surface area contributed by atoms with E-state index in [0.717, 1.165) is 12.1 Å². The Kier molecular flexibility index (Phi) is 3.32. The molecule has 0 amide bonds. The number of hydrogen-bond acceptors (Lipinski definition) is 4. The molecule has 0 bridgehead atoms. The monoisotopic (exact) mass is 235 g/mol. The fraction of sp³-hybridized carbons (Fsp3) is 0.364. The van der Waals surface area contributed by atoms with Crippen LogP contribution in [-0.4, -0.2) is 26.2 Å². The van der Waals surface area contributed by atoms with Crippen molar-refractivity contribution < 1.29 is 4.39 Å². The second kappa shape index (κ2) is 4.90. The van der Waals surface area contributed by atoms with Crippen molar-refractivity contribution in [3.05, 3.63) is 30.3 Å². The largest absolute Gasteiger partial charge is 0.380 e. The van der Waals surface area contributed by atoms with E-state index in [2.05, 4.69) is 20.8 Å². The quantitative estimate of drug-likeness (QED) is 0.880. The van der Waals surface area contributed by atoms with Gasteiger partial charge in [0.1, 0.15) is 12.1 Å². The van der Waals surface area contributed by atoms with Crippen LogP contribution in [0.4, 0.5) is 10.1 Å². The number of hydrogen-bond donors (Lipinski definition) is 1. The van der Waals surface area contributed by atoms with E-state index in [1.165, 1.54) is 17.1 Å². The number of benzene rings is 1. The van der Waals surface area contributed by atoms with Gasteiger partial charge < -0.3 is 5.32 Å². The van der Waals surface area contributed by atoms with Gasteiger partial charge in [-0.25, -0.2) is 9.07 Å². The van der Waals surface area contributed by atoms with E-state index in [0.29, 0.717) is 5.69 Å². The number of halogens is 1. The van der Waals surface area contributed by atoms with E-state index in [4.69, 9.17) is 0 Å². The van der Waals surface area contributed by atoms with Crippen LogP contribution in [0.25, 0.3) is 5.69 Å². The predicted molar refractivity (Wildman–Crippen MR) is 62.5 cm³/mol. The topological polar surface area (TPSA) is 55.6 Å². The molecule has 1 heterocycles. The van der Waals surface area contributed by atoms with Gasteiger partial charge in [0.25, 0.3) is 0 Å². The molecular weight excluding hydrogens is 221 g/mol. The fourth-order valence-electron chi connectivity index (χ4n) is 1.41. The minimum Gasteiger partial charge on any atom is -0.380 e. The van der Waals surface area contributed by atoms with Gasteiger partial charge in [-0.2, -0.15) is 0 Å². The maximum Gasteiger partial charge on any atom is 0.146 e. The molecule has 1 atom stereocenters. The molecule has 1 aromatic heterocycles. The average molecular weight is 235 g/mol. The van der Waals surface area contributed by atoms with Gasteiger partial charge in [0.2, 0.25) is 0 Å². The van der Waals surface area contributed by atoms with E-state index >= 15 is 0 Å². The number of rotatable bonds is 4. The van der Waals surface area contributed by atoms with E-state index in [1.54, 1.807) is 12.1 Å². The molecule has 0 spiro atoms. The third kappa shape index (κ3) is 2.58. The highest BCUT2D eigenvalue weighted by molar-refractivity contribution is 5.52. The lowest BCUT2D eigenvalue weighted by Crippen LogP contribution is -2.14. The highest BCUT2D eigenvalue weighted by Crippen LogP contribution is 2.19. The van der Waals surface area contributed by atoms with Crippen LogP contribution >= 0.6 is 0 Å². The minimum atomic E-state index is -0.276. The Labute approximate surface area is 98.6 Å². The first-order valence-corrected chi connectivity index (χ1v) is 5.50. The van der Waals surface area contributed by atoms with Crippen molar-refractivity contribution in [2.75, 3.05) is 5.32 Å². The van der Waals surface area contributed by atoms with E-state index in [9.17, 15) is 4.39 Å². The Bertz CT molecular complexity index is 483. The summed E-state index contributed by atoms with van der Waals surface area (Å²) in [7, 11) is 0. The van der Waals surface area contributed by atoms with Crippen molar-refractivity contribution >= 4 is 5.69 Å². The van der Waals surface area contributed by atoms with Crippen LogP contribution in [0.5, 0.6) is 0 Å². The van der Waals surface area contributed by atoms with Crippen LogP contribution < -0.4 is 5.32 Å². The Morgan fingerprint density at radius 1 is 1.47 bits per heavy atom. The summed E-state index contributed by atoms with van der Waals surface area (Å²) in [4.78, 5) is 0. The summed E-state index contributed by atoms with van der Waals surface area (Å²) in [5.41, 5.74) is 1.19. The van der Waals surface area contributed by atoms with Gasteiger partial charge in [-0.15, -0.1) is 5.10 Å². The van der Waals surface area contributed by atoms with Crippen molar-refractivity contribution in [2.24, 2.45) is 0 Å². The van der Waals surface area contributed by atoms with Gasteiger partial charge in [0, 0.05) is 6.04 Å². The summed E-state index contributed by atoms with van der Waals surface area (Å²) >= 11 is 0. The number of tetrazole rings is 1. The molecule has 2 rings (SSSR count). The summed E-state index contributed by atoms with van der Waals surface area (Å²) in [6, 6.07) is 4.95. The lowest BCUT2D eigenvalue weighted by atomic mass is 10.2. The Balaban J connectivity index is 2.29. The highest BCUT2D eigenvalue weighted by Gasteiger charge is 2.07. The van der Waals surface area contributed by atoms with Gasteiger partial charge in [-0.3, -0.25) is 0 Å². The van der Waals surface area contributed by atoms with Gasteiger partial charge >= 0.3 is 0 Å². The minimum absolute atomic E-state index is 0.216. The summed E-state index contributed by atoms with van der Waals surface area (Å²) in [5, 5.41) is 14.0. The van der Waals surface area contributed by atoms with Crippen LogP contribution in [0.3, 0.4) is 0 Å². The van der Waals surface area contributed by atoms with Crippen molar-refractivity contribution in [1.82, 2.24) is 20.2 Å². The normalized spacial score (nSPS) is 12.4. The molecule has 0 fully saturated rings. The van der Waals surface area contributed by atoms with Crippen LogP contribution in [-0.2, 0) is 0 Å². The SMILES string of the molecule is CCC(C)Nc1cc(-n2cnnn2)ccc1F. The zero-order valence-corrected chi connectivity index (χ0v) is 9.76. The average Bonchev–Trinajstić information content (AvgIpc) is 2.85. The number of nitrogens with zero attached hydrogens (tertiary/aromatic N) is 4. The second-order valence-electron chi connectivity index (χ2n) is 3.87. The predicted octanol–water partition coefficient (Wildman–Crippen LogP) is 2.01. The molecule has 1 aromatic carbocycles. The Morgan fingerprint density at radius 2 is 2.29 bits per heavy atom. The van der Waals surface area contributed by atoms with Crippen LogP contribution in [0, 0.1) is 5.82 Å². The Hall–Kier alpha value is -1.98. The highest BCUT2D eigenvalue weighted by atomic mass is 19.1. The first-order chi connectivity index (χ1) is 8.20. The van der Waals surface area contributed by atoms with Crippen molar-refractivity contribution in [2.45, 2.75) is 26.3 Å². The first kappa shape index (κ1) is 11.5. The van der Waals surface area contributed by atoms with E-state index in [-0.39, 0.29) is 11.9 Å². The molecule has 0 radical (unpaired) electrons. The van der Waals surface area contributed by atoms with Crippen molar-refractivity contribution in [3.8, 4) is 5.69 Å². The third-order valence-corrected chi connectivity index (χ3v) is 2.58. The number of nitrogens with one attached hydrogen (secondary N) is 1. The molecule has 0 saturated carbocycles. The lowest BCUT2D eigenvalue weighted by Gasteiger charge is -2.14. The van der Waals surface area contributed by atoms with Crippen molar-refractivity contribution in [3.63, 3.8) is 0 Å². The molecule has 17 heavy (non-hydrogen) atoms. The molecule has 5 nitrogen and oxygen atoms in total. The van der Waals surface area contributed by atoms with Crippen molar-refractivity contribution in [1.29, 1.82) is 0 Å². The zero-order chi connectivity index (χ0) is 12.3. The molecule has 0 aliphatic heterocycles. The Morgan fingerprint density at radius 3 is 2.94 bits per heavy atom. The molecule has 90 valence electrons. The fourth-order valence-corrected chi connectivity index (χ4v) is 1.41. The van der Waals surface area contributed by atoms with Gasteiger partial charge in [-0.05, 0) is 42.0 Å². The molecule has 0 aliphatic carbocycles. The third-order valence-electron chi connectivity index (χ3n) is 2.58. The number of aromatic nitrogens is 4. The second-order valence-corrected chi connectivity index (χ2v) is 3.87. The molecule has 6 heteroatoms. The van der Waals surface area contributed by atoms with Crippen LogP contribution in [0.15, 0.2) is 24.5 Å². The zero-order valence-electron chi connectivity index (χ0n) is 9.76. The van der Waals surface area contributed by atoms with E-state index in [1.807, 2.05) is 13.8 Å². The molecule has 1 unspecified atom stereocenters. The van der Waals surface area contributed by atoms with Gasteiger partial charge in [0.05, 0.1) is 11.4 Å². The molecule has 0 saturated heterocycles. The molecule has 2 aromatic rings. The van der Waals surface area contributed by atoms with Crippen LogP contribution in [0.2, 0.25) is 0 Å². The van der Waals surface area contributed by atoms with E-state index < -0.39 is 0 Å². The van der Waals surface area contributed by atoms with Crippen LogP contribution in [0.1, 0.15) is 20.3 Å². The molecule has 1 N–H and O–H groups in total. The summed E-state index contributed by atoms with van der Waals surface area (Å²) < 4.78 is 15.1. The maximum atomic E-state index is 13.6. The van der Waals surface area contributed by atoms with Gasteiger partial charge in [-0.1, -0.05) is 6.92 Å². The molecule has 0 aliphatic rings. The number of anilines is 1. The standard InChI is InChI=1S/C11H14FN5/c1-3-8(2)14-11-6-9(4-5-10(11)12)17-7-13-15-16-17/h4-8,14H,3H2,1-2H3. The summed E-state index contributed by atoms with van der Waals surface area (Å²) in [5.74, 6) is -0.276. The lowest BCUT2D eigenvalue weighted by molar-refractivity contribution is 0.624. The summed E-state index contributed by atoms with van der Waals surface area (Å²) in [6.07, 6.45) is 2.40. The maximum absolute atomic E-state index is 13.6.